The Balaban J connectivity index is 1.29. The highest BCUT2D eigenvalue weighted by atomic mass is 16.5. The molecule has 2 N–H and O–H groups in total. The van der Waals surface area contributed by atoms with E-state index in [4.69, 9.17) is 4.74 Å². The van der Waals surface area contributed by atoms with E-state index in [0.717, 1.165) is 47.4 Å². The minimum Gasteiger partial charge on any atom is -0.480 e. The lowest BCUT2D eigenvalue weighted by molar-refractivity contribution is -0.139. The minimum absolute atomic E-state index is 0.0335. The third-order valence-corrected chi connectivity index (χ3v) is 6.24. The van der Waals surface area contributed by atoms with E-state index in [-0.39, 0.29) is 12.5 Å². The fraction of sp³-hybridized carbons (Fsp3) is 0.440. The van der Waals surface area contributed by atoms with E-state index >= 15 is 0 Å². The molecule has 0 radical (unpaired) electrons. The van der Waals surface area contributed by atoms with E-state index < -0.39 is 18.1 Å². The van der Waals surface area contributed by atoms with Gasteiger partial charge in [-0.2, -0.15) is 0 Å². The van der Waals surface area contributed by atoms with E-state index in [0.29, 0.717) is 6.42 Å². The number of alkyl carbamates (subject to hydrolysis) is 1. The van der Waals surface area contributed by atoms with Crippen LogP contribution in [-0.4, -0.2) is 29.8 Å². The zero-order chi connectivity index (χ0) is 20.9. The van der Waals surface area contributed by atoms with Gasteiger partial charge in [0, 0.05) is 5.92 Å². The van der Waals surface area contributed by atoms with Crippen molar-refractivity contribution in [3.8, 4) is 11.1 Å². The molecule has 0 aliphatic heterocycles. The molecule has 0 spiro atoms. The van der Waals surface area contributed by atoms with Gasteiger partial charge in [0.05, 0.1) is 0 Å². The van der Waals surface area contributed by atoms with Crippen molar-refractivity contribution < 1.29 is 19.4 Å². The average Bonchev–Trinajstić information content (AvgIpc) is 3.52. The third-order valence-electron chi connectivity index (χ3n) is 6.24. The highest BCUT2D eigenvalue weighted by Crippen LogP contribution is 2.44. The average molecular weight is 408 g/mol. The number of carboxylic acids is 1. The number of hydrogen-bond acceptors (Lipinski definition) is 3. The first-order valence-corrected chi connectivity index (χ1v) is 11.0. The summed E-state index contributed by atoms with van der Waals surface area (Å²) >= 11 is 0. The summed E-state index contributed by atoms with van der Waals surface area (Å²) < 4.78 is 5.47. The first-order chi connectivity index (χ1) is 14.6. The number of carboxylic acid groups (broad SMARTS) is 1. The van der Waals surface area contributed by atoms with Gasteiger partial charge in [0.1, 0.15) is 12.6 Å². The maximum Gasteiger partial charge on any atom is 0.407 e. The summed E-state index contributed by atoms with van der Waals surface area (Å²) in [7, 11) is 0. The number of unbranched alkanes of at least 4 members (excludes halogenated alkanes) is 2. The van der Waals surface area contributed by atoms with Gasteiger partial charge in [0.2, 0.25) is 0 Å². The first kappa shape index (κ1) is 20.5. The van der Waals surface area contributed by atoms with E-state index in [2.05, 4.69) is 29.6 Å². The molecule has 4 rings (SSSR count). The largest absolute Gasteiger partial charge is 0.480 e. The maximum atomic E-state index is 12.3. The predicted octanol–water partition coefficient (Wildman–Crippen LogP) is 5.34. The number of hydrogen-bond donors (Lipinski definition) is 2. The van der Waals surface area contributed by atoms with Crippen molar-refractivity contribution >= 4 is 12.1 Å². The summed E-state index contributed by atoms with van der Waals surface area (Å²) in [5, 5.41) is 12.0. The lowest BCUT2D eigenvalue weighted by atomic mass is 9.98. The van der Waals surface area contributed by atoms with Crippen LogP contribution in [-0.2, 0) is 9.53 Å². The predicted molar refractivity (Wildman–Crippen MR) is 115 cm³/mol. The summed E-state index contributed by atoms with van der Waals surface area (Å²) in [5.41, 5.74) is 4.60. The quantitative estimate of drug-likeness (QED) is 0.521. The normalized spacial score (nSPS) is 15.9. The van der Waals surface area contributed by atoms with Crippen LogP contribution in [0.15, 0.2) is 48.5 Å². The molecule has 1 saturated carbocycles. The summed E-state index contributed by atoms with van der Waals surface area (Å²) in [5.74, 6) is -0.140. The van der Waals surface area contributed by atoms with Crippen molar-refractivity contribution in [1.29, 1.82) is 0 Å². The van der Waals surface area contributed by atoms with Crippen molar-refractivity contribution in [2.45, 2.75) is 56.9 Å². The Hall–Kier alpha value is -2.82. The molecule has 0 bridgehead atoms. The van der Waals surface area contributed by atoms with Crippen LogP contribution in [0.3, 0.4) is 0 Å². The summed E-state index contributed by atoms with van der Waals surface area (Å²) in [6, 6.07) is 15.4. The van der Waals surface area contributed by atoms with E-state index in [1.807, 2.05) is 24.3 Å². The molecule has 30 heavy (non-hydrogen) atoms. The van der Waals surface area contributed by atoms with Crippen molar-refractivity contribution in [3.05, 3.63) is 59.7 Å². The number of nitrogens with one attached hydrogen (secondary N) is 1. The van der Waals surface area contributed by atoms with Crippen LogP contribution in [0.5, 0.6) is 0 Å². The molecule has 1 atom stereocenters. The highest BCUT2D eigenvalue weighted by molar-refractivity contribution is 5.81. The minimum atomic E-state index is -1.01. The summed E-state index contributed by atoms with van der Waals surface area (Å²) in [4.78, 5) is 23.9. The molecular weight excluding hydrogens is 378 g/mol. The molecule has 1 fully saturated rings. The van der Waals surface area contributed by atoms with Crippen molar-refractivity contribution in [2.75, 3.05) is 6.61 Å². The number of carbonyl (C=O) groups excluding carboxylic acids is 1. The standard InChI is InChI=1S/C25H29NO4/c27-24(28)23(13-3-1-2-8-17-14-15-17)26-25(29)30-16-22-20-11-6-4-9-18(20)19-10-5-7-12-21(19)22/h4-7,9-12,17,22-23H,1-3,8,13-16H2,(H,26,29)(H,27,28). The van der Waals surface area contributed by atoms with Crippen LogP contribution in [0.25, 0.3) is 11.1 Å². The van der Waals surface area contributed by atoms with E-state index in [1.54, 1.807) is 0 Å². The number of ether oxygens (including phenoxy) is 1. The molecule has 0 heterocycles. The van der Waals surface area contributed by atoms with Gasteiger partial charge < -0.3 is 15.2 Å². The summed E-state index contributed by atoms with van der Waals surface area (Å²) in [6.07, 6.45) is 6.66. The van der Waals surface area contributed by atoms with Crippen LogP contribution >= 0.6 is 0 Å². The topological polar surface area (TPSA) is 75.6 Å². The smallest absolute Gasteiger partial charge is 0.407 e. The number of benzene rings is 2. The Morgan fingerprint density at radius 2 is 1.60 bits per heavy atom. The van der Waals surface area contributed by atoms with Gasteiger partial charge >= 0.3 is 12.1 Å². The van der Waals surface area contributed by atoms with Crippen molar-refractivity contribution in [1.82, 2.24) is 5.32 Å². The number of carbonyl (C=O) groups is 2. The van der Waals surface area contributed by atoms with Gasteiger partial charge in [-0.05, 0) is 34.6 Å². The Kier molecular flexibility index (Phi) is 6.36. The third kappa shape index (κ3) is 4.84. The van der Waals surface area contributed by atoms with E-state index in [1.165, 1.54) is 19.3 Å². The Labute approximate surface area is 177 Å². The molecule has 2 aliphatic rings. The molecule has 1 amide bonds. The second-order valence-corrected chi connectivity index (χ2v) is 8.44. The van der Waals surface area contributed by atoms with Crippen LogP contribution in [0.2, 0.25) is 0 Å². The molecule has 2 aromatic rings. The molecule has 158 valence electrons. The highest BCUT2D eigenvalue weighted by Gasteiger charge is 2.29. The monoisotopic (exact) mass is 407 g/mol. The van der Waals surface area contributed by atoms with Gasteiger partial charge in [-0.1, -0.05) is 87.1 Å². The molecule has 2 aromatic carbocycles. The van der Waals surface area contributed by atoms with Gasteiger partial charge in [-0.3, -0.25) is 0 Å². The van der Waals surface area contributed by atoms with Crippen LogP contribution in [0.1, 0.15) is 62.0 Å². The van der Waals surface area contributed by atoms with Crippen LogP contribution < -0.4 is 5.32 Å². The van der Waals surface area contributed by atoms with Crippen molar-refractivity contribution in [3.63, 3.8) is 0 Å². The fourth-order valence-corrected chi connectivity index (χ4v) is 4.40. The van der Waals surface area contributed by atoms with Crippen LogP contribution in [0.4, 0.5) is 4.79 Å². The maximum absolute atomic E-state index is 12.3. The first-order valence-electron chi connectivity index (χ1n) is 11.0. The Morgan fingerprint density at radius 3 is 2.20 bits per heavy atom. The molecule has 5 heteroatoms. The van der Waals surface area contributed by atoms with Crippen molar-refractivity contribution in [2.24, 2.45) is 5.92 Å². The Bertz CT molecular complexity index is 860. The molecule has 0 saturated heterocycles. The van der Waals surface area contributed by atoms with Gasteiger partial charge in [0.25, 0.3) is 0 Å². The van der Waals surface area contributed by atoms with Gasteiger partial charge in [0.15, 0.2) is 0 Å². The summed E-state index contributed by atoms with van der Waals surface area (Å²) in [6.45, 7) is 0.188. The molecule has 0 aromatic heterocycles. The van der Waals surface area contributed by atoms with Gasteiger partial charge in [-0.15, -0.1) is 0 Å². The fourth-order valence-electron chi connectivity index (χ4n) is 4.40. The van der Waals surface area contributed by atoms with Crippen LogP contribution in [0, 0.1) is 5.92 Å². The second-order valence-electron chi connectivity index (χ2n) is 8.44. The number of aliphatic carboxylic acids is 1. The Morgan fingerprint density at radius 1 is 0.967 bits per heavy atom. The zero-order valence-corrected chi connectivity index (χ0v) is 17.2. The molecule has 5 nitrogen and oxygen atoms in total. The number of fused-ring (bicyclic) bond motifs is 3. The number of rotatable bonds is 10. The molecule has 1 unspecified atom stereocenters. The molecule has 2 aliphatic carbocycles. The number of amides is 1. The zero-order valence-electron chi connectivity index (χ0n) is 17.2. The lowest BCUT2D eigenvalue weighted by Crippen LogP contribution is -2.41. The van der Waals surface area contributed by atoms with Gasteiger partial charge in [-0.25, -0.2) is 9.59 Å². The molecular formula is C25H29NO4. The SMILES string of the molecule is O=C(NC(CCCCCC1CC1)C(=O)O)OCC1c2ccccc2-c2ccccc21. The lowest BCUT2D eigenvalue weighted by Gasteiger charge is -2.17. The second kappa shape index (κ2) is 9.33. The van der Waals surface area contributed by atoms with E-state index in [9.17, 15) is 14.7 Å².